The van der Waals surface area contributed by atoms with E-state index in [1.54, 1.807) is 11.3 Å². The number of carbonyl (C=O) groups excluding carboxylic acids is 1. The summed E-state index contributed by atoms with van der Waals surface area (Å²) in [4.78, 5) is 17.6. The smallest absolute Gasteiger partial charge is 0.258 e. The van der Waals surface area contributed by atoms with Crippen LogP contribution in [0.4, 0.5) is 0 Å². The van der Waals surface area contributed by atoms with E-state index in [9.17, 15) is 4.79 Å². The minimum absolute atomic E-state index is 0.0416. The summed E-state index contributed by atoms with van der Waals surface area (Å²) in [6.07, 6.45) is 3.48. The molecule has 1 aromatic carbocycles. The molecule has 0 fully saturated rings. The molecule has 0 spiro atoms. The molecule has 0 bridgehead atoms. The lowest BCUT2D eigenvalue weighted by molar-refractivity contribution is -0.123. The standard InChI is InChI=1S/C18H22N2O2S/c1-11-18(23-13(3)19-11)12(2)20-17(21)10-22-16-8-7-14-5-4-6-15(14)9-16/h7-9,12H,4-6,10H2,1-3H3,(H,20,21)/t12-/m0/s1. The van der Waals surface area contributed by atoms with E-state index in [1.165, 1.54) is 17.5 Å². The molecule has 1 aliphatic rings. The number of aromatic nitrogens is 1. The minimum Gasteiger partial charge on any atom is -0.484 e. The Morgan fingerprint density at radius 3 is 2.87 bits per heavy atom. The number of rotatable bonds is 5. The van der Waals surface area contributed by atoms with E-state index >= 15 is 0 Å². The summed E-state index contributed by atoms with van der Waals surface area (Å²) in [6.45, 7) is 5.97. The fourth-order valence-electron chi connectivity index (χ4n) is 3.08. The monoisotopic (exact) mass is 330 g/mol. The number of carbonyl (C=O) groups is 1. The first-order valence-electron chi connectivity index (χ1n) is 8.01. The average Bonchev–Trinajstić information content (AvgIpc) is 3.10. The summed E-state index contributed by atoms with van der Waals surface area (Å²) < 4.78 is 5.64. The van der Waals surface area contributed by atoms with Crippen molar-refractivity contribution in [3.63, 3.8) is 0 Å². The molecule has 23 heavy (non-hydrogen) atoms. The molecule has 1 atom stereocenters. The van der Waals surface area contributed by atoms with E-state index in [0.717, 1.165) is 34.2 Å². The van der Waals surface area contributed by atoms with Gasteiger partial charge >= 0.3 is 0 Å². The van der Waals surface area contributed by atoms with Gasteiger partial charge in [-0.3, -0.25) is 4.79 Å². The number of benzene rings is 1. The number of nitrogens with one attached hydrogen (secondary N) is 1. The van der Waals surface area contributed by atoms with Gasteiger partial charge in [0.1, 0.15) is 5.75 Å². The van der Waals surface area contributed by atoms with Gasteiger partial charge in [0.15, 0.2) is 6.61 Å². The van der Waals surface area contributed by atoms with Gasteiger partial charge in [0, 0.05) is 4.88 Å². The number of hydrogen-bond acceptors (Lipinski definition) is 4. The lowest BCUT2D eigenvalue weighted by Crippen LogP contribution is -2.31. The highest BCUT2D eigenvalue weighted by Gasteiger charge is 2.16. The number of ether oxygens (including phenoxy) is 1. The SMILES string of the molecule is Cc1nc(C)c([C@H](C)NC(=O)COc2ccc3c(c2)CCC3)s1. The summed E-state index contributed by atoms with van der Waals surface area (Å²) in [5.74, 6) is 0.668. The van der Waals surface area contributed by atoms with E-state index in [1.807, 2.05) is 26.8 Å². The summed E-state index contributed by atoms with van der Waals surface area (Å²) in [5, 5.41) is 4.00. The molecule has 0 radical (unpaired) electrons. The van der Waals surface area contributed by atoms with Crippen molar-refractivity contribution in [2.45, 2.75) is 46.1 Å². The van der Waals surface area contributed by atoms with Crippen LogP contribution in [0.1, 0.15) is 46.1 Å². The van der Waals surface area contributed by atoms with Crippen LogP contribution >= 0.6 is 11.3 Å². The van der Waals surface area contributed by atoms with Crippen molar-refractivity contribution in [3.8, 4) is 5.75 Å². The van der Waals surface area contributed by atoms with Gasteiger partial charge in [-0.1, -0.05) is 6.07 Å². The van der Waals surface area contributed by atoms with Gasteiger partial charge in [-0.15, -0.1) is 11.3 Å². The van der Waals surface area contributed by atoms with Gasteiger partial charge in [-0.2, -0.15) is 0 Å². The third-order valence-electron chi connectivity index (χ3n) is 4.15. The number of hydrogen-bond donors (Lipinski definition) is 1. The van der Waals surface area contributed by atoms with Crippen molar-refractivity contribution in [1.29, 1.82) is 0 Å². The van der Waals surface area contributed by atoms with Crippen LogP contribution in [-0.2, 0) is 17.6 Å². The minimum atomic E-state index is -0.108. The topological polar surface area (TPSA) is 51.2 Å². The number of fused-ring (bicyclic) bond motifs is 1. The summed E-state index contributed by atoms with van der Waals surface area (Å²) in [5.41, 5.74) is 3.75. The quantitative estimate of drug-likeness (QED) is 0.913. The Morgan fingerprint density at radius 1 is 1.35 bits per heavy atom. The summed E-state index contributed by atoms with van der Waals surface area (Å²) in [6, 6.07) is 6.09. The van der Waals surface area contributed by atoms with Crippen molar-refractivity contribution in [2.75, 3.05) is 6.61 Å². The van der Waals surface area contributed by atoms with Gasteiger partial charge in [-0.05, 0) is 63.3 Å². The molecular formula is C18H22N2O2S. The van der Waals surface area contributed by atoms with Gasteiger partial charge in [-0.25, -0.2) is 4.98 Å². The summed E-state index contributed by atoms with van der Waals surface area (Å²) >= 11 is 1.63. The van der Waals surface area contributed by atoms with E-state index in [-0.39, 0.29) is 18.6 Å². The highest BCUT2D eigenvalue weighted by molar-refractivity contribution is 7.11. The largest absolute Gasteiger partial charge is 0.484 e. The molecule has 2 aromatic rings. The molecule has 0 saturated carbocycles. The molecule has 0 saturated heterocycles. The van der Waals surface area contributed by atoms with Crippen molar-refractivity contribution in [3.05, 3.63) is 44.9 Å². The second-order valence-electron chi connectivity index (χ2n) is 6.04. The molecule has 122 valence electrons. The Bertz CT molecular complexity index is 724. The Balaban J connectivity index is 1.54. The van der Waals surface area contributed by atoms with Crippen molar-refractivity contribution in [1.82, 2.24) is 10.3 Å². The first-order valence-corrected chi connectivity index (χ1v) is 8.82. The Hall–Kier alpha value is -1.88. The predicted octanol–water partition coefficient (Wildman–Crippen LogP) is 3.50. The number of aryl methyl sites for hydroxylation is 4. The molecule has 1 amide bonds. The van der Waals surface area contributed by atoms with Crippen molar-refractivity contribution < 1.29 is 9.53 Å². The zero-order valence-electron chi connectivity index (χ0n) is 13.8. The van der Waals surface area contributed by atoms with Gasteiger partial charge < -0.3 is 10.1 Å². The fraction of sp³-hybridized carbons (Fsp3) is 0.444. The van der Waals surface area contributed by atoms with E-state index in [0.29, 0.717) is 0 Å². The molecule has 1 heterocycles. The van der Waals surface area contributed by atoms with Crippen LogP contribution in [0.2, 0.25) is 0 Å². The van der Waals surface area contributed by atoms with Crippen LogP contribution < -0.4 is 10.1 Å². The van der Waals surface area contributed by atoms with Crippen LogP contribution in [0.25, 0.3) is 0 Å². The van der Waals surface area contributed by atoms with E-state index in [2.05, 4.69) is 22.4 Å². The van der Waals surface area contributed by atoms with E-state index < -0.39 is 0 Å². The molecule has 0 unspecified atom stereocenters. The van der Waals surface area contributed by atoms with Crippen LogP contribution in [0.15, 0.2) is 18.2 Å². The van der Waals surface area contributed by atoms with Gasteiger partial charge in [0.2, 0.25) is 0 Å². The Kier molecular flexibility index (Phi) is 4.66. The van der Waals surface area contributed by atoms with Crippen LogP contribution in [0.5, 0.6) is 5.75 Å². The van der Waals surface area contributed by atoms with Crippen LogP contribution in [0, 0.1) is 13.8 Å². The third kappa shape index (κ3) is 3.72. The second kappa shape index (κ2) is 6.71. The molecular weight excluding hydrogens is 308 g/mol. The first kappa shape index (κ1) is 16.0. The van der Waals surface area contributed by atoms with Crippen LogP contribution in [0.3, 0.4) is 0 Å². The second-order valence-corrected chi connectivity index (χ2v) is 7.28. The normalized spacial score (nSPS) is 14.4. The maximum absolute atomic E-state index is 12.1. The maximum atomic E-state index is 12.1. The first-order chi connectivity index (χ1) is 11.0. The molecule has 5 heteroatoms. The molecule has 3 rings (SSSR count). The highest BCUT2D eigenvalue weighted by atomic mass is 32.1. The fourth-order valence-corrected chi connectivity index (χ4v) is 4.01. The summed E-state index contributed by atoms with van der Waals surface area (Å²) in [7, 11) is 0. The average molecular weight is 330 g/mol. The molecule has 1 aliphatic carbocycles. The zero-order chi connectivity index (χ0) is 16.4. The van der Waals surface area contributed by atoms with Crippen molar-refractivity contribution in [2.24, 2.45) is 0 Å². The number of amides is 1. The Labute approximate surface area is 140 Å². The van der Waals surface area contributed by atoms with Crippen LogP contribution in [-0.4, -0.2) is 17.5 Å². The van der Waals surface area contributed by atoms with Gasteiger partial charge in [0.05, 0.1) is 16.7 Å². The molecule has 1 N–H and O–H groups in total. The van der Waals surface area contributed by atoms with Gasteiger partial charge in [0.25, 0.3) is 5.91 Å². The van der Waals surface area contributed by atoms with E-state index in [4.69, 9.17) is 4.74 Å². The predicted molar refractivity (Wildman–Crippen MR) is 92.1 cm³/mol. The molecule has 0 aliphatic heterocycles. The third-order valence-corrected chi connectivity index (χ3v) is 5.41. The lowest BCUT2D eigenvalue weighted by Gasteiger charge is -2.14. The number of nitrogens with zero attached hydrogens (tertiary/aromatic N) is 1. The molecule has 1 aromatic heterocycles. The highest BCUT2D eigenvalue weighted by Crippen LogP contribution is 2.26. The zero-order valence-corrected chi connectivity index (χ0v) is 14.6. The Morgan fingerprint density at radius 2 is 2.13 bits per heavy atom. The number of thiazole rings is 1. The maximum Gasteiger partial charge on any atom is 0.258 e. The molecule has 4 nitrogen and oxygen atoms in total. The lowest BCUT2D eigenvalue weighted by atomic mass is 10.1. The van der Waals surface area contributed by atoms with Crippen molar-refractivity contribution >= 4 is 17.2 Å².